The van der Waals surface area contributed by atoms with Gasteiger partial charge in [-0.15, -0.1) is 0 Å². The summed E-state index contributed by atoms with van der Waals surface area (Å²) in [5.74, 6) is 0. The first-order valence-corrected chi connectivity index (χ1v) is 20.0. The van der Waals surface area contributed by atoms with Gasteiger partial charge in [0.05, 0.1) is 8.07 Å². The van der Waals surface area contributed by atoms with E-state index in [1.54, 1.807) is 24.5 Å². The molecule has 2 aromatic rings. The molecule has 35 heavy (non-hydrogen) atoms. The number of hydrogen-bond donors (Lipinski definition) is 3. The van der Waals surface area contributed by atoms with Crippen molar-refractivity contribution in [1.82, 2.24) is 15.3 Å². The first-order valence-electron chi connectivity index (χ1n) is 12.0. The second-order valence-electron chi connectivity index (χ2n) is 10.3. The van der Waals surface area contributed by atoms with Crippen LogP contribution in [0.25, 0.3) is 0 Å². The number of unbranched alkanes of at least 4 members (excludes halogenated alkanes) is 1. The molecule has 0 atom stereocenters. The largest absolute Gasteiger partial charge is 1.00 e. The van der Waals surface area contributed by atoms with Gasteiger partial charge in [0.1, 0.15) is 7.38 Å². The van der Waals surface area contributed by atoms with Crippen LogP contribution in [0.4, 0.5) is 0 Å². The van der Waals surface area contributed by atoms with Crippen molar-refractivity contribution in [1.29, 1.82) is 0 Å². The van der Waals surface area contributed by atoms with E-state index in [4.69, 9.17) is 11.1 Å². The Balaban J connectivity index is -0.000000179. The minimum Gasteiger partial charge on any atom is -0.343 e. The molecule has 198 valence electrons. The van der Waals surface area contributed by atoms with Crippen LogP contribution in [0.15, 0.2) is 52.3 Å². The van der Waals surface area contributed by atoms with Gasteiger partial charge in [0.15, 0.2) is 0 Å². The summed E-state index contributed by atoms with van der Waals surface area (Å²) in [5.41, 5.74) is 0.0224. The fourth-order valence-corrected chi connectivity index (χ4v) is 3.41. The molecule has 0 radical (unpaired) electrons. The van der Waals surface area contributed by atoms with E-state index in [0.29, 0.717) is 12.1 Å². The minimum atomic E-state index is -1.42. The second-order valence-corrected chi connectivity index (χ2v) is 22.9. The van der Waals surface area contributed by atoms with Crippen LogP contribution in [0.3, 0.4) is 0 Å². The Kier molecular flexibility index (Phi) is 27.8. The maximum atomic E-state index is 11.2. The Morgan fingerprint density at radius 3 is 1.49 bits per heavy atom. The topological polar surface area (TPSA) is 77.8 Å². The van der Waals surface area contributed by atoms with Gasteiger partial charge in [-0.05, 0) is 12.1 Å². The van der Waals surface area contributed by atoms with Crippen molar-refractivity contribution in [2.75, 3.05) is 0 Å². The van der Waals surface area contributed by atoms with Gasteiger partial charge in [-0.25, -0.2) is 0 Å². The van der Waals surface area contributed by atoms with Crippen molar-refractivity contribution in [3.05, 3.63) is 70.4 Å². The van der Waals surface area contributed by atoms with Gasteiger partial charge >= 0.3 is 18.9 Å². The zero-order chi connectivity index (χ0) is 27.4. The number of aromatic amines is 2. The molecule has 0 aliphatic carbocycles. The third-order valence-corrected chi connectivity index (χ3v) is 5.34. The molecular weight excluding hydrogens is 485 g/mol. The number of pyridine rings is 2. The number of nitrogens with one attached hydrogen (secondary N) is 3. The minimum absolute atomic E-state index is 0. The van der Waals surface area contributed by atoms with Crippen LogP contribution in [-0.4, -0.2) is 37.5 Å². The first kappa shape index (κ1) is 41.3. The molecule has 0 unspecified atom stereocenters. The van der Waals surface area contributed by atoms with E-state index in [2.05, 4.69) is 96.1 Å². The van der Waals surface area contributed by atoms with Crippen molar-refractivity contribution >= 4 is 31.7 Å². The number of halogens is 1. The normalized spacial score (nSPS) is 10.1. The molecule has 2 heterocycles. The summed E-state index contributed by atoms with van der Waals surface area (Å²) in [6.45, 7) is 27.1. The van der Waals surface area contributed by atoms with Crippen LogP contribution in [0.1, 0.15) is 47.5 Å². The van der Waals surface area contributed by atoms with Gasteiger partial charge in [-0.3, -0.25) is 9.59 Å². The molecule has 0 aliphatic heterocycles. The molecule has 2 rings (SSSR count). The number of aromatic nitrogens is 2. The third kappa shape index (κ3) is 37.9. The van der Waals surface area contributed by atoms with Crippen molar-refractivity contribution in [3.63, 3.8) is 0 Å². The molecule has 0 aliphatic rings. The van der Waals surface area contributed by atoms with Gasteiger partial charge in [-0.2, -0.15) is 17.5 Å². The average molecular weight is 536 g/mol. The van der Waals surface area contributed by atoms with Gasteiger partial charge in [-0.1, -0.05) is 92.5 Å². The monoisotopic (exact) mass is 535 g/mol. The Bertz CT molecular complexity index is 799. The number of H-pyrrole nitrogens is 2. The molecule has 0 bridgehead atoms. The summed E-state index contributed by atoms with van der Waals surface area (Å²) < 4.78 is 0. The molecule has 2 aromatic heterocycles. The second kappa shape index (κ2) is 23.6. The van der Waals surface area contributed by atoms with Crippen LogP contribution in [0.5, 0.6) is 0 Å². The fraction of sp³-hybridized carbons (Fsp3) is 0.577. The molecule has 9 heteroatoms. The molecule has 0 amide bonds. The quantitative estimate of drug-likeness (QED) is 0.319. The van der Waals surface area contributed by atoms with E-state index in [0.717, 1.165) is 11.6 Å². The Morgan fingerprint density at radius 2 is 1.31 bits per heavy atom. The van der Waals surface area contributed by atoms with Gasteiger partial charge in [0.2, 0.25) is 11.1 Å². The molecule has 5 nitrogen and oxygen atoms in total. The van der Waals surface area contributed by atoms with Crippen molar-refractivity contribution in [3.8, 4) is 0 Å². The summed E-state index contributed by atoms with van der Waals surface area (Å²) in [4.78, 5) is 26.6. The molecular formula is C26H51ClLiN3O2Si2. The van der Waals surface area contributed by atoms with Crippen LogP contribution in [-0.2, 0) is 0 Å². The standard InChI is InChI=1S/C8H13NOSi.C6H15N.C5H5NO.C4H9.C3H9ClSi.Li/c1-11(2,3)7-5-4-6-9-8(7)10;1-5(2)7-6(3)4;7-5-3-1-2-4-6-5;1-3-4-2;1-5(2,3)4;/h4-6H,1-3H3,(H,9,10);5-7H,1-4H3;1-4H,(H,6,7);1,3-4H2,2H3;1-3H3;/q;;;-1;;+1. The Hall–Kier alpha value is -0.819. The average Bonchev–Trinajstić information content (AvgIpc) is 2.67. The van der Waals surface area contributed by atoms with Crippen molar-refractivity contribution in [2.24, 2.45) is 0 Å². The van der Waals surface area contributed by atoms with Crippen LogP contribution in [0.2, 0.25) is 39.3 Å². The smallest absolute Gasteiger partial charge is 0.343 e. The van der Waals surface area contributed by atoms with E-state index in [9.17, 15) is 9.59 Å². The van der Waals surface area contributed by atoms with E-state index in [-0.39, 0.29) is 30.0 Å². The van der Waals surface area contributed by atoms with Crippen molar-refractivity contribution < 1.29 is 18.9 Å². The van der Waals surface area contributed by atoms with Crippen LogP contribution in [0, 0.1) is 6.92 Å². The summed E-state index contributed by atoms with van der Waals surface area (Å²) in [6, 6.07) is 9.99. The summed E-state index contributed by atoms with van der Waals surface area (Å²) in [6.07, 6.45) is 5.55. The van der Waals surface area contributed by atoms with E-state index < -0.39 is 15.5 Å². The molecule has 0 spiro atoms. The van der Waals surface area contributed by atoms with Crippen LogP contribution >= 0.6 is 11.1 Å². The third-order valence-electron chi connectivity index (χ3n) is 3.33. The zero-order valence-electron chi connectivity index (χ0n) is 24.5. The molecule has 0 aromatic carbocycles. The maximum absolute atomic E-state index is 11.2. The van der Waals surface area contributed by atoms with Gasteiger partial charge in [0.25, 0.3) is 0 Å². The number of rotatable bonds is 4. The summed E-state index contributed by atoms with van der Waals surface area (Å²) in [5, 5.41) is 4.28. The first-order chi connectivity index (χ1) is 15.4. The van der Waals surface area contributed by atoms with E-state index in [1.165, 1.54) is 12.5 Å². The van der Waals surface area contributed by atoms with Crippen molar-refractivity contribution in [2.45, 2.75) is 98.8 Å². The predicted molar refractivity (Wildman–Crippen MR) is 160 cm³/mol. The van der Waals surface area contributed by atoms with Gasteiger partial charge in [0, 0.05) is 35.7 Å². The van der Waals surface area contributed by atoms with E-state index in [1.807, 2.05) is 12.1 Å². The zero-order valence-corrected chi connectivity index (χ0v) is 27.3. The molecule has 0 fully saturated rings. The maximum Gasteiger partial charge on any atom is 1.00 e. The van der Waals surface area contributed by atoms with Gasteiger partial charge < -0.3 is 22.2 Å². The Morgan fingerprint density at radius 1 is 0.886 bits per heavy atom. The predicted octanol–water partition coefficient (Wildman–Crippen LogP) is 3.37. The molecule has 3 N–H and O–H groups in total. The summed E-state index contributed by atoms with van der Waals surface area (Å²) in [7, 11) is -2.56. The summed E-state index contributed by atoms with van der Waals surface area (Å²) >= 11 is 5.67. The van der Waals surface area contributed by atoms with E-state index >= 15 is 0 Å². The van der Waals surface area contributed by atoms with Crippen LogP contribution < -0.4 is 40.5 Å². The molecule has 0 saturated carbocycles. The Labute approximate surface area is 234 Å². The fourth-order valence-electron chi connectivity index (χ4n) is 2.06. The molecule has 0 saturated heterocycles. The SMILES string of the molecule is CC(C)NC(C)C.C[Si](C)(C)Cl.C[Si](C)(C)c1ccc[nH]c1=O.O=c1cccc[nH]1.[CH2-]CCC.[Li+]. The number of hydrogen-bond acceptors (Lipinski definition) is 3.